The summed E-state index contributed by atoms with van der Waals surface area (Å²) >= 11 is 6.09. The molecule has 5 heteroatoms. The zero-order valence-corrected chi connectivity index (χ0v) is 12.2. The maximum absolute atomic E-state index is 6.09. The lowest BCUT2D eigenvalue weighted by atomic mass is 9.99. The van der Waals surface area contributed by atoms with Crippen molar-refractivity contribution in [1.29, 1.82) is 0 Å². The first kappa shape index (κ1) is 13.5. The Kier molecular flexibility index (Phi) is 3.54. The highest BCUT2D eigenvalue weighted by Crippen LogP contribution is 2.33. The quantitative estimate of drug-likeness (QED) is 0.782. The molecule has 104 valence electrons. The molecular weight excluding hydrogens is 284 g/mol. The first-order valence-electron chi connectivity index (χ1n) is 6.45. The van der Waals surface area contributed by atoms with Crippen molar-refractivity contribution in [2.45, 2.75) is 6.92 Å². The summed E-state index contributed by atoms with van der Waals surface area (Å²) in [4.78, 5) is 12.8. The predicted molar refractivity (Wildman–Crippen MR) is 84.9 cm³/mol. The third-order valence-corrected chi connectivity index (χ3v) is 3.39. The van der Waals surface area contributed by atoms with Crippen molar-refractivity contribution in [3.8, 4) is 22.4 Å². The molecule has 0 atom stereocenters. The predicted octanol–water partition coefficient (Wildman–Crippen LogP) is 3.75. The van der Waals surface area contributed by atoms with Gasteiger partial charge in [0.25, 0.3) is 0 Å². The standard InChI is InChI=1S/C16H13ClN4/c1-10-14(12-5-3-7-19-9-12)15(21-16(18)20-10)11-4-2-6-13(17)8-11/h2-9H,1H3,(H2,18,20,21). The van der Waals surface area contributed by atoms with E-state index in [2.05, 4.69) is 15.0 Å². The highest BCUT2D eigenvalue weighted by atomic mass is 35.5. The van der Waals surface area contributed by atoms with Crippen molar-refractivity contribution in [3.05, 3.63) is 59.5 Å². The van der Waals surface area contributed by atoms with Crippen LogP contribution in [0.15, 0.2) is 48.8 Å². The molecule has 2 aromatic heterocycles. The number of rotatable bonds is 2. The van der Waals surface area contributed by atoms with Crippen molar-refractivity contribution in [1.82, 2.24) is 15.0 Å². The fraction of sp³-hybridized carbons (Fsp3) is 0.0625. The second-order valence-corrected chi connectivity index (χ2v) is 5.08. The van der Waals surface area contributed by atoms with Gasteiger partial charge in [0.1, 0.15) is 0 Å². The second kappa shape index (κ2) is 5.50. The van der Waals surface area contributed by atoms with Crippen molar-refractivity contribution in [3.63, 3.8) is 0 Å². The molecule has 21 heavy (non-hydrogen) atoms. The van der Waals surface area contributed by atoms with Crippen LogP contribution in [0.2, 0.25) is 5.02 Å². The van der Waals surface area contributed by atoms with Gasteiger partial charge in [-0.3, -0.25) is 4.98 Å². The topological polar surface area (TPSA) is 64.7 Å². The lowest BCUT2D eigenvalue weighted by Crippen LogP contribution is -2.02. The van der Waals surface area contributed by atoms with Crippen LogP contribution in [0.1, 0.15) is 5.69 Å². The van der Waals surface area contributed by atoms with Gasteiger partial charge in [-0.25, -0.2) is 9.97 Å². The molecule has 0 saturated carbocycles. The van der Waals surface area contributed by atoms with Gasteiger partial charge in [-0.1, -0.05) is 29.8 Å². The summed E-state index contributed by atoms with van der Waals surface area (Å²) in [6.45, 7) is 1.91. The van der Waals surface area contributed by atoms with Crippen molar-refractivity contribution in [2.75, 3.05) is 5.73 Å². The number of nitrogens with zero attached hydrogens (tertiary/aromatic N) is 3. The molecule has 0 aliphatic rings. The molecule has 3 rings (SSSR count). The number of halogens is 1. The summed E-state index contributed by atoms with van der Waals surface area (Å²) in [6.07, 6.45) is 3.52. The molecule has 0 amide bonds. The number of aryl methyl sites for hydroxylation is 1. The largest absolute Gasteiger partial charge is 0.368 e. The Morgan fingerprint density at radius 3 is 2.57 bits per heavy atom. The molecule has 0 radical (unpaired) electrons. The molecule has 3 aromatic rings. The Hall–Kier alpha value is -2.46. The van der Waals surface area contributed by atoms with Crippen LogP contribution in [0.4, 0.5) is 5.95 Å². The third-order valence-electron chi connectivity index (χ3n) is 3.16. The number of nitrogens with two attached hydrogens (primary N) is 1. The second-order valence-electron chi connectivity index (χ2n) is 4.64. The van der Waals surface area contributed by atoms with Crippen LogP contribution in [-0.2, 0) is 0 Å². The van der Waals surface area contributed by atoms with Gasteiger partial charge < -0.3 is 5.73 Å². The molecule has 2 heterocycles. The summed E-state index contributed by atoms with van der Waals surface area (Å²) in [7, 11) is 0. The highest BCUT2D eigenvalue weighted by molar-refractivity contribution is 6.30. The number of hydrogen-bond donors (Lipinski definition) is 1. The lowest BCUT2D eigenvalue weighted by molar-refractivity contribution is 1.12. The average molecular weight is 297 g/mol. The zero-order valence-electron chi connectivity index (χ0n) is 11.4. The monoisotopic (exact) mass is 296 g/mol. The Morgan fingerprint density at radius 1 is 1.05 bits per heavy atom. The van der Waals surface area contributed by atoms with Gasteiger partial charge in [0, 0.05) is 34.1 Å². The minimum atomic E-state index is 0.245. The molecule has 1 aromatic carbocycles. The molecular formula is C16H13ClN4. The number of hydrogen-bond acceptors (Lipinski definition) is 4. The van der Waals surface area contributed by atoms with E-state index < -0.39 is 0 Å². The smallest absolute Gasteiger partial charge is 0.220 e. The molecule has 0 spiro atoms. The van der Waals surface area contributed by atoms with Gasteiger partial charge in [-0.15, -0.1) is 0 Å². The van der Waals surface area contributed by atoms with Gasteiger partial charge in [-0.05, 0) is 25.1 Å². The van der Waals surface area contributed by atoms with Crippen LogP contribution < -0.4 is 5.73 Å². The zero-order chi connectivity index (χ0) is 14.8. The maximum atomic E-state index is 6.09. The van der Waals surface area contributed by atoms with Gasteiger partial charge in [-0.2, -0.15) is 0 Å². The highest BCUT2D eigenvalue weighted by Gasteiger charge is 2.14. The van der Waals surface area contributed by atoms with Gasteiger partial charge >= 0.3 is 0 Å². The van der Waals surface area contributed by atoms with E-state index in [1.54, 1.807) is 12.4 Å². The van der Waals surface area contributed by atoms with E-state index in [0.29, 0.717) is 5.02 Å². The van der Waals surface area contributed by atoms with Gasteiger partial charge in [0.05, 0.1) is 11.4 Å². The third kappa shape index (κ3) is 2.71. The van der Waals surface area contributed by atoms with Gasteiger partial charge in [0.15, 0.2) is 0 Å². The van der Waals surface area contributed by atoms with E-state index in [9.17, 15) is 0 Å². The minimum Gasteiger partial charge on any atom is -0.368 e. The molecule has 4 nitrogen and oxygen atoms in total. The summed E-state index contributed by atoms with van der Waals surface area (Å²) in [5.41, 5.74) is 10.1. The molecule has 0 saturated heterocycles. The first-order chi connectivity index (χ1) is 10.1. The van der Waals surface area contributed by atoms with Crippen LogP contribution >= 0.6 is 11.6 Å². The number of pyridine rings is 1. The van der Waals surface area contributed by atoms with E-state index in [1.807, 2.05) is 43.3 Å². The fourth-order valence-corrected chi connectivity index (χ4v) is 2.49. The molecule has 0 unspecified atom stereocenters. The van der Waals surface area contributed by atoms with Crippen LogP contribution in [-0.4, -0.2) is 15.0 Å². The summed E-state index contributed by atoms with van der Waals surface area (Å²) in [5, 5.41) is 0.652. The van der Waals surface area contributed by atoms with Crippen LogP contribution in [0.5, 0.6) is 0 Å². The van der Waals surface area contributed by atoms with E-state index in [-0.39, 0.29) is 5.95 Å². The Morgan fingerprint density at radius 2 is 1.86 bits per heavy atom. The molecule has 0 bridgehead atoms. The number of anilines is 1. The van der Waals surface area contributed by atoms with E-state index in [4.69, 9.17) is 17.3 Å². The van der Waals surface area contributed by atoms with Crippen molar-refractivity contribution in [2.24, 2.45) is 0 Å². The lowest BCUT2D eigenvalue weighted by Gasteiger charge is -2.12. The number of aromatic nitrogens is 3. The van der Waals surface area contributed by atoms with Crippen LogP contribution in [0.3, 0.4) is 0 Å². The van der Waals surface area contributed by atoms with E-state index in [1.165, 1.54) is 0 Å². The Labute approximate surface area is 127 Å². The average Bonchev–Trinajstić information content (AvgIpc) is 2.47. The first-order valence-corrected chi connectivity index (χ1v) is 6.83. The Balaban J connectivity index is 2.29. The fourth-order valence-electron chi connectivity index (χ4n) is 2.30. The number of nitrogen functional groups attached to an aromatic ring is 1. The molecule has 0 aliphatic carbocycles. The SMILES string of the molecule is Cc1nc(N)nc(-c2cccc(Cl)c2)c1-c1cccnc1. The molecule has 0 fully saturated rings. The summed E-state index contributed by atoms with van der Waals surface area (Å²) in [5.74, 6) is 0.245. The molecule has 0 aliphatic heterocycles. The van der Waals surface area contributed by atoms with Crippen molar-refractivity contribution >= 4 is 17.5 Å². The van der Waals surface area contributed by atoms with E-state index >= 15 is 0 Å². The van der Waals surface area contributed by atoms with Crippen LogP contribution in [0, 0.1) is 6.92 Å². The summed E-state index contributed by atoms with van der Waals surface area (Å²) in [6, 6.07) is 11.4. The minimum absolute atomic E-state index is 0.245. The van der Waals surface area contributed by atoms with Crippen molar-refractivity contribution < 1.29 is 0 Å². The molecule has 2 N–H and O–H groups in total. The Bertz CT molecular complexity index is 788. The maximum Gasteiger partial charge on any atom is 0.220 e. The van der Waals surface area contributed by atoms with E-state index in [0.717, 1.165) is 28.1 Å². The summed E-state index contributed by atoms with van der Waals surface area (Å²) < 4.78 is 0. The van der Waals surface area contributed by atoms with Crippen LogP contribution in [0.25, 0.3) is 22.4 Å². The van der Waals surface area contributed by atoms with Gasteiger partial charge in [0.2, 0.25) is 5.95 Å². The normalized spacial score (nSPS) is 10.6. The number of benzene rings is 1.